The molecular formula is C14H19FO3. The lowest BCUT2D eigenvalue weighted by molar-refractivity contribution is -0.130. The van der Waals surface area contributed by atoms with Gasteiger partial charge in [-0.2, -0.15) is 0 Å². The molecule has 1 aromatic carbocycles. The Labute approximate surface area is 107 Å². The second-order valence-corrected chi connectivity index (χ2v) is 4.51. The van der Waals surface area contributed by atoms with Crippen molar-refractivity contribution in [3.8, 4) is 5.75 Å². The number of hydrogen-bond donors (Lipinski definition) is 0. The predicted molar refractivity (Wildman–Crippen MR) is 67.3 cm³/mol. The van der Waals surface area contributed by atoms with Crippen molar-refractivity contribution in [3.05, 3.63) is 29.6 Å². The molecule has 1 aromatic rings. The fourth-order valence-electron chi connectivity index (χ4n) is 1.90. The van der Waals surface area contributed by atoms with Gasteiger partial charge in [0.05, 0.1) is 7.11 Å². The van der Waals surface area contributed by atoms with Gasteiger partial charge in [-0.1, -0.05) is 19.9 Å². The molecule has 0 aliphatic heterocycles. The number of ketones is 1. The van der Waals surface area contributed by atoms with Crippen molar-refractivity contribution >= 4 is 5.78 Å². The molecule has 0 radical (unpaired) electrons. The normalized spacial score (nSPS) is 12.6. The van der Waals surface area contributed by atoms with E-state index in [1.807, 2.05) is 13.8 Å². The molecule has 4 heteroatoms. The average molecular weight is 254 g/mol. The highest BCUT2D eigenvalue weighted by molar-refractivity contribution is 5.85. The molecule has 0 spiro atoms. The molecule has 0 N–H and O–H groups in total. The molecule has 0 fully saturated rings. The molecule has 0 heterocycles. The van der Waals surface area contributed by atoms with Crippen LogP contribution in [0.5, 0.6) is 5.75 Å². The molecule has 0 saturated heterocycles. The number of carbonyl (C=O) groups is 1. The average Bonchev–Trinajstić information content (AvgIpc) is 2.29. The summed E-state index contributed by atoms with van der Waals surface area (Å²) in [5.74, 6) is -0.220. The highest BCUT2D eigenvalue weighted by atomic mass is 19.1. The zero-order valence-corrected chi connectivity index (χ0v) is 11.2. The molecule has 0 bridgehead atoms. The van der Waals surface area contributed by atoms with E-state index in [1.54, 1.807) is 6.07 Å². The van der Waals surface area contributed by atoms with E-state index in [4.69, 9.17) is 9.47 Å². The van der Waals surface area contributed by atoms with Gasteiger partial charge in [-0.25, -0.2) is 4.39 Å². The van der Waals surface area contributed by atoms with Crippen molar-refractivity contribution in [2.75, 3.05) is 14.2 Å². The fourth-order valence-corrected chi connectivity index (χ4v) is 1.90. The van der Waals surface area contributed by atoms with E-state index in [9.17, 15) is 9.18 Å². The summed E-state index contributed by atoms with van der Waals surface area (Å²) in [6.45, 7) is 3.83. The Bertz CT molecular complexity index is 416. The van der Waals surface area contributed by atoms with E-state index in [1.165, 1.54) is 26.4 Å². The summed E-state index contributed by atoms with van der Waals surface area (Å²) in [6.07, 6.45) is -0.285. The van der Waals surface area contributed by atoms with Crippen molar-refractivity contribution < 1.29 is 18.7 Å². The van der Waals surface area contributed by atoms with Crippen LogP contribution in [-0.4, -0.2) is 26.1 Å². The Morgan fingerprint density at radius 3 is 2.44 bits per heavy atom. The summed E-state index contributed by atoms with van der Waals surface area (Å²) in [5.41, 5.74) is 0.626. The molecule has 1 rings (SSSR count). The molecule has 100 valence electrons. The van der Waals surface area contributed by atoms with Gasteiger partial charge in [0.1, 0.15) is 6.10 Å². The quantitative estimate of drug-likeness (QED) is 0.782. The molecular weight excluding hydrogens is 235 g/mol. The Balaban J connectivity index is 2.78. The van der Waals surface area contributed by atoms with Gasteiger partial charge < -0.3 is 9.47 Å². The first-order valence-corrected chi connectivity index (χ1v) is 5.87. The standard InChI is InChI=1S/C14H19FO3/c1-9(2)14(18-4)12(16)8-10-5-6-13(17-3)11(15)7-10/h5-7,9,14H,8H2,1-4H3. The number of benzene rings is 1. The third kappa shape index (κ3) is 3.53. The Kier molecular flexibility index (Phi) is 5.28. The molecule has 0 amide bonds. The van der Waals surface area contributed by atoms with Gasteiger partial charge in [-0.3, -0.25) is 4.79 Å². The molecule has 0 aliphatic carbocycles. The lowest BCUT2D eigenvalue weighted by Gasteiger charge is -2.17. The summed E-state index contributed by atoms with van der Waals surface area (Å²) in [5, 5.41) is 0. The van der Waals surface area contributed by atoms with Crippen LogP contribution < -0.4 is 4.74 Å². The van der Waals surface area contributed by atoms with Gasteiger partial charge in [0.25, 0.3) is 0 Å². The summed E-state index contributed by atoms with van der Waals surface area (Å²) in [7, 11) is 2.92. The van der Waals surface area contributed by atoms with E-state index < -0.39 is 11.9 Å². The van der Waals surface area contributed by atoms with Gasteiger partial charge in [0.15, 0.2) is 17.3 Å². The van der Waals surface area contributed by atoms with Gasteiger partial charge in [0, 0.05) is 13.5 Å². The van der Waals surface area contributed by atoms with Crippen LogP contribution in [-0.2, 0) is 16.0 Å². The Morgan fingerprint density at radius 1 is 1.33 bits per heavy atom. The van der Waals surface area contributed by atoms with Crippen molar-refractivity contribution in [1.29, 1.82) is 0 Å². The molecule has 1 unspecified atom stereocenters. The largest absolute Gasteiger partial charge is 0.494 e. The summed E-state index contributed by atoms with van der Waals surface area (Å²) in [4.78, 5) is 12.0. The molecule has 1 atom stereocenters. The number of hydrogen-bond acceptors (Lipinski definition) is 3. The topological polar surface area (TPSA) is 35.5 Å². The maximum Gasteiger partial charge on any atom is 0.166 e. The maximum atomic E-state index is 13.5. The van der Waals surface area contributed by atoms with E-state index >= 15 is 0 Å². The predicted octanol–water partition coefficient (Wildman–Crippen LogP) is 2.62. The zero-order valence-electron chi connectivity index (χ0n) is 11.2. The molecule has 18 heavy (non-hydrogen) atoms. The van der Waals surface area contributed by atoms with Crippen molar-refractivity contribution in [3.63, 3.8) is 0 Å². The zero-order chi connectivity index (χ0) is 13.7. The van der Waals surface area contributed by atoms with Gasteiger partial charge >= 0.3 is 0 Å². The Hall–Kier alpha value is -1.42. The smallest absolute Gasteiger partial charge is 0.166 e. The van der Waals surface area contributed by atoms with E-state index in [0.717, 1.165) is 0 Å². The number of halogens is 1. The molecule has 0 aromatic heterocycles. The SMILES string of the molecule is COc1ccc(CC(=O)C(OC)C(C)C)cc1F. The molecule has 0 saturated carbocycles. The number of carbonyl (C=O) groups excluding carboxylic acids is 1. The monoisotopic (exact) mass is 254 g/mol. The number of ether oxygens (including phenoxy) is 2. The minimum absolute atomic E-state index is 0.0444. The number of methoxy groups -OCH3 is 2. The van der Waals surface area contributed by atoms with Crippen LogP contribution in [0.25, 0.3) is 0 Å². The van der Waals surface area contributed by atoms with Crippen LogP contribution in [0.4, 0.5) is 4.39 Å². The highest BCUT2D eigenvalue weighted by Gasteiger charge is 2.21. The second kappa shape index (κ2) is 6.50. The van der Waals surface area contributed by atoms with Crippen LogP contribution in [0.2, 0.25) is 0 Å². The van der Waals surface area contributed by atoms with Crippen molar-refractivity contribution in [1.82, 2.24) is 0 Å². The summed E-state index contributed by atoms with van der Waals surface area (Å²) < 4.78 is 23.5. The number of rotatable bonds is 6. The minimum atomic E-state index is -0.457. The third-order valence-corrected chi connectivity index (χ3v) is 2.77. The van der Waals surface area contributed by atoms with Crippen LogP contribution in [0.15, 0.2) is 18.2 Å². The fraction of sp³-hybridized carbons (Fsp3) is 0.500. The molecule has 0 aliphatic rings. The van der Waals surface area contributed by atoms with Crippen LogP contribution in [0.1, 0.15) is 19.4 Å². The maximum absolute atomic E-state index is 13.5. The van der Waals surface area contributed by atoms with E-state index in [-0.39, 0.29) is 23.9 Å². The first kappa shape index (κ1) is 14.6. The van der Waals surface area contributed by atoms with E-state index in [0.29, 0.717) is 5.56 Å². The van der Waals surface area contributed by atoms with E-state index in [2.05, 4.69) is 0 Å². The lowest BCUT2D eigenvalue weighted by atomic mass is 9.97. The van der Waals surface area contributed by atoms with Crippen LogP contribution in [0, 0.1) is 11.7 Å². The molecule has 3 nitrogen and oxygen atoms in total. The first-order chi connectivity index (χ1) is 8.49. The summed E-state index contributed by atoms with van der Waals surface area (Å²) >= 11 is 0. The van der Waals surface area contributed by atoms with Gasteiger partial charge in [-0.05, 0) is 23.6 Å². The lowest BCUT2D eigenvalue weighted by Crippen LogP contribution is -2.29. The highest BCUT2D eigenvalue weighted by Crippen LogP contribution is 2.19. The summed E-state index contributed by atoms with van der Waals surface area (Å²) in [6, 6.07) is 4.53. The van der Waals surface area contributed by atoms with Crippen molar-refractivity contribution in [2.24, 2.45) is 5.92 Å². The number of Topliss-reactive ketones (excluding diaryl/α,β-unsaturated/α-hetero) is 1. The van der Waals surface area contributed by atoms with Crippen LogP contribution in [0.3, 0.4) is 0 Å². The Morgan fingerprint density at radius 2 is 2.00 bits per heavy atom. The van der Waals surface area contributed by atoms with Crippen molar-refractivity contribution in [2.45, 2.75) is 26.4 Å². The minimum Gasteiger partial charge on any atom is -0.494 e. The first-order valence-electron chi connectivity index (χ1n) is 5.87. The third-order valence-electron chi connectivity index (χ3n) is 2.77. The van der Waals surface area contributed by atoms with Gasteiger partial charge in [-0.15, -0.1) is 0 Å². The van der Waals surface area contributed by atoms with Gasteiger partial charge in [0.2, 0.25) is 0 Å². The van der Waals surface area contributed by atoms with Crippen LogP contribution >= 0.6 is 0 Å². The second-order valence-electron chi connectivity index (χ2n) is 4.51.